The Balaban J connectivity index is 1.44. The van der Waals surface area contributed by atoms with E-state index < -0.39 is 6.04 Å². The highest BCUT2D eigenvalue weighted by Gasteiger charge is 2.34. The number of carbonyl (C=O) groups excluding carboxylic acids is 1. The summed E-state index contributed by atoms with van der Waals surface area (Å²) in [4.78, 5) is 18.0. The zero-order valence-electron chi connectivity index (χ0n) is 21.4. The van der Waals surface area contributed by atoms with E-state index in [0.717, 1.165) is 5.56 Å². The van der Waals surface area contributed by atoms with E-state index in [2.05, 4.69) is 20.7 Å². The molecule has 39 heavy (non-hydrogen) atoms. The number of fused-ring (bicyclic) bond motifs is 1. The monoisotopic (exact) mass is 549 g/mol. The fourth-order valence-corrected chi connectivity index (χ4v) is 4.59. The smallest absolute Gasteiger partial charge is 0.255 e. The first-order valence-corrected chi connectivity index (χ1v) is 12.3. The van der Waals surface area contributed by atoms with Crippen LogP contribution in [0.3, 0.4) is 0 Å². The SMILES string of the molecule is COc1cc(NC(=O)C2=C(C)Nc3ncnn3[C@H]2c2ccc(OCc3ccccc3F)cc2)c(OC)cc1Cl. The first kappa shape index (κ1) is 26.1. The van der Waals surface area contributed by atoms with Crippen LogP contribution in [0.4, 0.5) is 16.0 Å². The van der Waals surface area contributed by atoms with Crippen molar-refractivity contribution >= 4 is 29.1 Å². The van der Waals surface area contributed by atoms with Crippen molar-refractivity contribution in [3.05, 3.63) is 100 Å². The van der Waals surface area contributed by atoms with Crippen LogP contribution in [0, 0.1) is 5.82 Å². The Labute approximate surface area is 229 Å². The van der Waals surface area contributed by atoms with Crippen molar-refractivity contribution < 1.29 is 23.4 Å². The quantitative estimate of drug-likeness (QED) is 0.295. The molecule has 0 saturated carbocycles. The van der Waals surface area contributed by atoms with Gasteiger partial charge in [-0.05, 0) is 30.7 Å². The maximum atomic E-state index is 14.0. The van der Waals surface area contributed by atoms with Crippen molar-refractivity contribution in [2.45, 2.75) is 19.6 Å². The molecule has 3 aromatic carbocycles. The molecule has 1 amide bonds. The number of benzene rings is 3. The van der Waals surface area contributed by atoms with Gasteiger partial charge in [-0.2, -0.15) is 10.1 Å². The molecule has 1 aromatic heterocycles. The van der Waals surface area contributed by atoms with E-state index in [-0.39, 0.29) is 18.3 Å². The Bertz CT molecular complexity index is 1550. The molecule has 1 aliphatic heterocycles. The molecule has 200 valence electrons. The minimum Gasteiger partial charge on any atom is -0.495 e. The molecule has 1 aliphatic rings. The van der Waals surface area contributed by atoms with E-state index in [1.54, 1.807) is 54.1 Å². The molecule has 0 bridgehead atoms. The van der Waals surface area contributed by atoms with Crippen molar-refractivity contribution in [3.8, 4) is 17.2 Å². The number of hydrogen-bond donors (Lipinski definition) is 2. The molecule has 0 radical (unpaired) electrons. The summed E-state index contributed by atoms with van der Waals surface area (Å²) in [6.07, 6.45) is 1.42. The van der Waals surface area contributed by atoms with Gasteiger partial charge in [-0.25, -0.2) is 9.07 Å². The summed E-state index contributed by atoms with van der Waals surface area (Å²) >= 11 is 6.23. The lowest BCUT2D eigenvalue weighted by molar-refractivity contribution is -0.113. The molecule has 0 fully saturated rings. The third-order valence-electron chi connectivity index (χ3n) is 6.31. The van der Waals surface area contributed by atoms with E-state index in [0.29, 0.717) is 50.7 Å². The summed E-state index contributed by atoms with van der Waals surface area (Å²) in [5.41, 5.74) is 2.65. The number of aromatic nitrogens is 3. The fourth-order valence-electron chi connectivity index (χ4n) is 4.36. The number of methoxy groups -OCH3 is 2. The number of rotatable bonds is 8. The van der Waals surface area contributed by atoms with Gasteiger partial charge in [0.15, 0.2) is 0 Å². The minimum atomic E-state index is -0.593. The van der Waals surface area contributed by atoms with Gasteiger partial charge in [0.2, 0.25) is 5.95 Å². The third-order valence-corrected chi connectivity index (χ3v) is 6.60. The zero-order chi connectivity index (χ0) is 27.5. The van der Waals surface area contributed by atoms with Gasteiger partial charge in [-0.1, -0.05) is 41.9 Å². The van der Waals surface area contributed by atoms with Gasteiger partial charge in [0, 0.05) is 23.4 Å². The number of nitrogens with zero attached hydrogens (tertiary/aromatic N) is 3. The molecule has 2 heterocycles. The molecular formula is C28H25ClFN5O4. The summed E-state index contributed by atoms with van der Waals surface area (Å²) in [6, 6.07) is 16.3. The van der Waals surface area contributed by atoms with Gasteiger partial charge in [0.05, 0.1) is 30.5 Å². The normalized spacial score (nSPS) is 14.3. The Kier molecular flexibility index (Phi) is 7.38. The summed E-state index contributed by atoms with van der Waals surface area (Å²) in [5, 5.41) is 10.8. The maximum absolute atomic E-state index is 14.0. The number of halogens is 2. The molecule has 9 nitrogen and oxygen atoms in total. The molecule has 0 spiro atoms. The average Bonchev–Trinajstić information content (AvgIpc) is 3.41. The molecule has 1 atom stereocenters. The van der Waals surface area contributed by atoms with Gasteiger partial charge < -0.3 is 24.8 Å². The van der Waals surface area contributed by atoms with Crippen LogP contribution in [0.2, 0.25) is 5.02 Å². The molecule has 4 aromatic rings. The van der Waals surface area contributed by atoms with E-state index in [1.165, 1.54) is 26.6 Å². The largest absolute Gasteiger partial charge is 0.495 e. The second kappa shape index (κ2) is 11.0. The maximum Gasteiger partial charge on any atom is 0.255 e. The standard InChI is InChI=1S/C28H25ClFN5O4/c1-16-25(27(36)34-22-13-23(37-2)20(29)12-24(22)38-3)26(35-28(33-16)31-15-32-35)17-8-10-19(11-9-17)39-14-18-6-4-5-7-21(18)30/h4-13,15,26H,14H2,1-3H3,(H,34,36)(H,31,32,33)/t26-/m0/s1. The van der Waals surface area contributed by atoms with E-state index in [4.69, 9.17) is 25.8 Å². The van der Waals surface area contributed by atoms with Gasteiger partial charge in [-0.15, -0.1) is 0 Å². The number of anilines is 2. The Hall–Kier alpha value is -4.57. The van der Waals surface area contributed by atoms with Gasteiger partial charge in [0.25, 0.3) is 5.91 Å². The molecule has 0 saturated heterocycles. The molecule has 0 unspecified atom stereocenters. The highest BCUT2D eigenvalue weighted by atomic mass is 35.5. The highest BCUT2D eigenvalue weighted by Crippen LogP contribution is 2.39. The van der Waals surface area contributed by atoms with Crippen LogP contribution in [-0.4, -0.2) is 34.9 Å². The fraction of sp³-hybridized carbons (Fsp3) is 0.179. The second-order valence-electron chi connectivity index (χ2n) is 8.68. The van der Waals surface area contributed by atoms with Crippen LogP contribution in [0.25, 0.3) is 0 Å². The summed E-state index contributed by atoms with van der Waals surface area (Å²) in [7, 11) is 2.98. The molecule has 11 heteroatoms. The van der Waals surface area contributed by atoms with Crippen LogP contribution >= 0.6 is 11.6 Å². The van der Waals surface area contributed by atoms with Crippen molar-refractivity contribution in [1.29, 1.82) is 0 Å². The van der Waals surface area contributed by atoms with Crippen molar-refractivity contribution in [1.82, 2.24) is 14.8 Å². The number of ether oxygens (including phenoxy) is 3. The first-order chi connectivity index (χ1) is 18.9. The Morgan fingerprint density at radius 1 is 1.10 bits per heavy atom. The van der Waals surface area contributed by atoms with Crippen LogP contribution in [0.15, 0.2) is 78.3 Å². The van der Waals surface area contributed by atoms with E-state index in [1.807, 2.05) is 12.1 Å². The predicted molar refractivity (Wildman–Crippen MR) is 145 cm³/mol. The topological polar surface area (TPSA) is 99.5 Å². The molecule has 5 rings (SSSR count). The van der Waals surface area contributed by atoms with Crippen molar-refractivity contribution in [2.24, 2.45) is 0 Å². The summed E-state index contributed by atoms with van der Waals surface area (Å²) < 4.78 is 32.1. The van der Waals surface area contributed by atoms with E-state index >= 15 is 0 Å². The van der Waals surface area contributed by atoms with E-state index in [9.17, 15) is 9.18 Å². The Morgan fingerprint density at radius 3 is 2.56 bits per heavy atom. The second-order valence-corrected chi connectivity index (χ2v) is 9.09. The lowest BCUT2D eigenvalue weighted by Gasteiger charge is -2.29. The Morgan fingerprint density at radius 2 is 1.85 bits per heavy atom. The number of carbonyl (C=O) groups is 1. The van der Waals surface area contributed by atoms with Crippen LogP contribution < -0.4 is 24.8 Å². The number of amides is 1. The lowest BCUT2D eigenvalue weighted by atomic mass is 9.95. The number of allylic oxidation sites excluding steroid dienone is 1. The van der Waals surface area contributed by atoms with Crippen LogP contribution in [0.1, 0.15) is 24.1 Å². The third kappa shape index (κ3) is 5.23. The van der Waals surface area contributed by atoms with Gasteiger partial charge in [0.1, 0.15) is 42.0 Å². The number of hydrogen-bond acceptors (Lipinski definition) is 7. The molecular weight excluding hydrogens is 525 g/mol. The van der Waals surface area contributed by atoms with Crippen LogP contribution in [-0.2, 0) is 11.4 Å². The van der Waals surface area contributed by atoms with Crippen molar-refractivity contribution in [2.75, 3.05) is 24.9 Å². The molecule has 0 aliphatic carbocycles. The summed E-state index contributed by atoms with van der Waals surface area (Å²) in [5.74, 6) is 1.12. The number of nitrogens with one attached hydrogen (secondary N) is 2. The lowest BCUT2D eigenvalue weighted by Crippen LogP contribution is -2.31. The molecule has 2 N–H and O–H groups in total. The predicted octanol–water partition coefficient (Wildman–Crippen LogP) is 5.59. The summed E-state index contributed by atoms with van der Waals surface area (Å²) in [6.45, 7) is 1.89. The average molecular weight is 550 g/mol. The van der Waals surface area contributed by atoms with Crippen LogP contribution in [0.5, 0.6) is 17.2 Å². The van der Waals surface area contributed by atoms with Gasteiger partial charge >= 0.3 is 0 Å². The first-order valence-electron chi connectivity index (χ1n) is 12.0. The zero-order valence-corrected chi connectivity index (χ0v) is 22.1. The van der Waals surface area contributed by atoms with Crippen molar-refractivity contribution in [3.63, 3.8) is 0 Å². The minimum absolute atomic E-state index is 0.0889. The van der Waals surface area contributed by atoms with Gasteiger partial charge in [-0.3, -0.25) is 4.79 Å². The highest BCUT2D eigenvalue weighted by molar-refractivity contribution is 6.32.